The number of hydrogen-bond acceptors (Lipinski definition) is 5. The molecule has 1 aromatic heterocycles. The van der Waals surface area contributed by atoms with Crippen LogP contribution in [0.15, 0.2) is 22.3 Å². The van der Waals surface area contributed by atoms with E-state index in [0.717, 1.165) is 23.5 Å². The Hall–Kier alpha value is -2.55. The first kappa shape index (κ1) is 14.9. The number of rotatable bonds is 4. The number of aromatic nitrogens is 1. The zero-order valence-corrected chi connectivity index (χ0v) is 11.6. The van der Waals surface area contributed by atoms with Gasteiger partial charge >= 0.3 is 4.87 Å². The Morgan fingerprint density at radius 1 is 1.52 bits per heavy atom. The van der Waals surface area contributed by atoms with Gasteiger partial charge in [0.05, 0.1) is 17.0 Å². The van der Waals surface area contributed by atoms with Gasteiger partial charge in [-0.25, -0.2) is 4.39 Å². The number of benzene rings is 1. The van der Waals surface area contributed by atoms with Gasteiger partial charge < -0.3 is 10.3 Å². The molecule has 9 heteroatoms. The first-order valence-electron chi connectivity index (χ1n) is 5.78. The fraction of sp³-hybridized carbons (Fsp3) is 0.167. The molecule has 2 rings (SSSR count). The molecule has 0 fully saturated rings. The minimum atomic E-state index is -0.808. The number of nitro benzene ring substituents is 1. The van der Waals surface area contributed by atoms with E-state index in [2.05, 4.69) is 10.3 Å². The van der Waals surface area contributed by atoms with E-state index in [9.17, 15) is 24.1 Å². The molecule has 0 saturated carbocycles. The summed E-state index contributed by atoms with van der Waals surface area (Å²) in [6.45, 7) is 1.34. The number of carbonyl (C=O) groups is 1. The van der Waals surface area contributed by atoms with Crippen LogP contribution < -0.4 is 10.2 Å². The quantitative estimate of drug-likeness (QED) is 0.662. The van der Waals surface area contributed by atoms with Crippen molar-refractivity contribution in [1.29, 1.82) is 0 Å². The summed E-state index contributed by atoms with van der Waals surface area (Å²) in [6, 6.07) is 1.94. The number of thiazole rings is 1. The van der Waals surface area contributed by atoms with Crippen LogP contribution >= 0.6 is 11.3 Å². The van der Waals surface area contributed by atoms with Gasteiger partial charge in [0.1, 0.15) is 5.82 Å². The molecule has 1 heterocycles. The molecule has 2 N–H and O–H groups in total. The second-order valence-corrected chi connectivity index (χ2v) is 5.08. The molecule has 1 aromatic carbocycles. The van der Waals surface area contributed by atoms with Crippen molar-refractivity contribution < 1.29 is 14.1 Å². The van der Waals surface area contributed by atoms with E-state index >= 15 is 0 Å². The lowest BCUT2D eigenvalue weighted by Gasteiger charge is -2.07. The normalized spacial score (nSPS) is 10.4. The lowest BCUT2D eigenvalue weighted by Crippen LogP contribution is -2.24. The molecule has 0 unspecified atom stereocenters. The van der Waals surface area contributed by atoms with Crippen LogP contribution in [-0.4, -0.2) is 15.8 Å². The summed E-state index contributed by atoms with van der Waals surface area (Å²) in [7, 11) is 0. The average molecular weight is 311 g/mol. The van der Waals surface area contributed by atoms with Crippen LogP contribution in [0.3, 0.4) is 0 Å². The van der Waals surface area contributed by atoms with Gasteiger partial charge in [-0.05, 0) is 12.5 Å². The highest BCUT2D eigenvalue weighted by Crippen LogP contribution is 2.21. The third-order valence-corrected chi connectivity index (χ3v) is 3.42. The molecular formula is C12H10FN3O4S. The molecule has 0 bridgehead atoms. The number of hydrogen-bond donors (Lipinski definition) is 2. The van der Waals surface area contributed by atoms with Crippen LogP contribution in [0.5, 0.6) is 0 Å². The number of nitrogens with zero attached hydrogens (tertiary/aromatic N) is 1. The van der Waals surface area contributed by atoms with Crippen molar-refractivity contribution in [3.05, 3.63) is 59.9 Å². The molecule has 0 saturated heterocycles. The third-order valence-electron chi connectivity index (χ3n) is 2.70. The first-order valence-corrected chi connectivity index (χ1v) is 6.66. The van der Waals surface area contributed by atoms with Crippen molar-refractivity contribution in [2.24, 2.45) is 0 Å². The fourth-order valence-electron chi connectivity index (χ4n) is 1.69. The summed E-state index contributed by atoms with van der Waals surface area (Å²) < 4.78 is 13.9. The Morgan fingerprint density at radius 2 is 2.24 bits per heavy atom. The largest absolute Gasteiger partial charge is 0.346 e. The number of aryl methyl sites for hydroxylation is 1. The van der Waals surface area contributed by atoms with E-state index in [-0.39, 0.29) is 22.7 Å². The fourth-order valence-corrected chi connectivity index (χ4v) is 2.27. The predicted octanol–water partition coefficient (Wildman–Crippen LogP) is 1.72. The minimum Gasteiger partial charge on any atom is -0.346 e. The van der Waals surface area contributed by atoms with Crippen LogP contribution in [0, 0.1) is 22.9 Å². The minimum absolute atomic E-state index is 0.00124. The van der Waals surface area contributed by atoms with Crippen molar-refractivity contribution >= 4 is 22.9 Å². The topological polar surface area (TPSA) is 105 Å². The standard InChI is InChI=1S/C12H10FN3O4S/c1-6-2-8(16(19)20)3-9(10(6)13)11(17)14-4-7-5-21-12(18)15-7/h2-3,5H,4H2,1H3,(H,14,17)(H,15,18). The number of nitrogens with one attached hydrogen (secondary N) is 2. The molecule has 110 valence electrons. The van der Waals surface area contributed by atoms with E-state index in [1.54, 1.807) is 0 Å². The van der Waals surface area contributed by atoms with Gasteiger partial charge in [0.25, 0.3) is 11.6 Å². The van der Waals surface area contributed by atoms with Crippen LogP contribution in [0.1, 0.15) is 21.6 Å². The summed E-state index contributed by atoms with van der Waals surface area (Å²) in [5.41, 5.74) is -0.276. The average Bonchev–Trinajstić information content (AvgIpc) is 2.84. The summed E-state index contributed by atoms with van der Waals surface area (Å²) in [4.78, 5) is 35.1. The molecule has 21 heavy (non-hydrogen) atoms. The zero-order chi connectivity index (χ0) is 15.6. The highest BCUT2D eigenvalue weighted by atomic mass is 32.1. The Bertz CT molecular complexity index is 768. The number of H-pyrrole nitrogens is 1. The van der Waals surface area contributed by atoms with E-state index in [1.807, 2.05) is 0 Å². The number of non-ortho nitro benzene ring substituents is 1. The lowest BCUT2D eigenvalue weighted by molar-refractivity contribution is -0.385. The second-order valence-electron chi connectivity index (χ2n) is 4.24. The molecular weight excluding hydrogens is 301 g/mol. The van der Waals surface area contributed by atoms with E-state index < -0.39 is 22.2 Å². The van der Waals surface area contributed by atoms with Gasteiger partial charge in [-0.2, -0.15) is 0 Å². The van der Waals surface area contributed by atoms with Crippen molar-refractivity contribution in [3.8, 4) is 0 Å². The predicted molar refractivity (Wildman–Crippen MR) is 73.9 cm³/mol. The van der Waals surface area contributed by atoms with Gasteiger partial charge in [-0.1, -0.05) is 11.3 Å². The Kier molecular flexibility index (Phi) is 4.13. The molecule has 0 aliphatic rings. The zero-order valence-electron chi connectivity index (χ0n) is 10.8. The first-order chi connectivity index (χ1) is 9.88. The smallest absolute Gasteiger partial charge is 0.304 e. The third kappa shape index (κ3) is 3.31. The van der Waals surface area contributed by atoms with Crippen LogP contribution in [0.4, 0.5) is 10.1 Å². The number of halogens is 1. The summed E-state index contributed by atoms with van der Waals surface area (Å²) >= 11 is 0.938. The lowest BCUT2D eigenvalue weighted by atomic mass is 10.1. The van der Waals surface area contributed by atoms with Crippen molar-refractivity contribution in [3.63, 3.8) is 0 Å². The molecule has 0 radical (unpaired) electrons. The molecule has 7 nitrogen and oxygen atoms in total. The van der Waals surface area contributed by atoms with E-state index in [0.29, 0.717) is 5.69 Å². The van der Waals surface area contributed by atoms with Crippen molar-refractivity contribution in [2.75, 3.05) is 0 Å². The van der Waals surface area contributed by atoms with Gasteiger partial charge in [0.15, 0.2) is 0 Å². The Balaban J connectivity index is 2.22. The van der Waals surface area contributed by atoms with Crippen molar-refractivity contribution in [2.45, 2.75) is 13.5 Å². The van der Waals surface area contributed by atoms with Crippen LogP contribution in [0.2, 0.25) is 0 Å². The summed E-state index contributed by atoms with van der Waals surface area (Å²) in [5, 5.41) is 14.7. The molecule has 0 aliphatic heterocycles. The monoisotopic (exact) mass is 311 g/mol. The molecule has 2 aromatic rings. The Morgan fingerprint density at radius 3 is 2.81 bits per heavy atom. The number of aromatic amines is 1. The molecule has 0 spiro atoms. The maximum Gasteiger partial charge on any atom is 0.304 e. The SMILES string of the molecule is Cc1cc([N+](=O)[O-])cc(C(=O)NCc2csc(=O)[nH]2)c1F. The molecule has 0 aliphatic carbocycles. The Labute approximate surface area is 121 Å². The van der Waals surface area contributed by atoms with Gasteiger partial charge in [0.2, 0.25) is 0 Å². The summed E-state index contributed by atoms with van der Waals surface area (Å²) in [6.07, 6.45) is 0. The summed E-state index contributed by atoms with van der Waals surface area (Å²) in [5.74, 6) is -1.59. The number of nitro groups is 1. The molecule has 0 atom stereocenters. The number of carbonyl (C=O) groups excluding carboxylic acids is 1. The van der Waals surface area contributed by atoms with Crippen LogP contribution in [-0.2, 0) is 6.54 Å². The van der Waals surface area contributed by atoms with E-state index in [1.165, 1.54) is 12.3 Å². The second kappa shape index (κ2) is 5.83. The number of amides is 1. The van der Waals surface area contributed by atoms with Crippen LogP contribution in [0.25, 0.3) is 0 Å². The van der Waals surface area contributed by atoms with Gasteiger partial charge in [-0.3, -0.25) is 19.7 Å². The maximum absolute atomic E-state index is 13.9. The van der Waals surface area contributed by atoms with E-state index in [4.69, 9.17) is 0 Å². The maximum atomic E-state index is 13.9. The highest BCUT2D eigenvalue weighted by Gasteiger charge is 2.19. The molecule has 1 amide bonds. The van der Waals surface area contributed by atoms with Crippen molar-refractivity contribution in [1.82, 2.24) is 10.3 Å². The van der Waals surface area contributed by atoms with Gasteiger partial charge in [0, 0.05) is 23.2 Å². The highest BCUT2D eigenvalue weighted by molar-refractivity contribution is 7.07. The van der Waals surface area contributed by atoms with Gasteiger partial charge in [-0.15, -0.1) is 0 Å².